The summed E-state index contributed by atoms with van der Waals surface area (Å²) in [5.41, 5.74) is 5.48. The van der Waals surface area contributed by atoms with E-state index in [1.807, 2.05) is 0 Å². The molecule has 0 bridgehead atoms. The molecule has 1 aliphatic rings. The highest BCUT2D eigenvalue weighted by molar-refractivity contribution is 4.87. The van der Waals surface area contributed by atoms with Crippen molar-refractivity contribution in [1.82, 2.24) is 0 Å². The van der Waals surface area contributed by atoms with Gasteiger partial charge >= 0.3 is 0 Å². The minimum absolute atomic E-state index is 0.00875. The summed E-state index contributed by atoms with van der Waals surface area (Å²) < 4.78 is 10.9. The zero-order valence-electron chi connectivity index (χ0n) is 8.87. The van der Waals surface area contributed by atoms with Crippen molar-refractivity contribution in [2.75, 3.05) is 26.9 Å². The molecule has 0 saturated carbocycles. The Morgan fingerprint density at radius 1 is 1.57 bits per heavy atom. The number of aliphatic hydroxyl groups excluding tert-OH is 1. The molecule has 1 rings (SSSR count). The van der Waals surface area contributed by atoms with Crippen molar-refractivity contribution in [2.45, 2.75) is 37.3 Å². The van der Waals surface area contributed by atoms with Crippen molar-refractivity contribution in [3.63, 3.8) is 0 Å². The van der Waals surface area contributed by atoms with Gasteiger partial charge in [-0.3, -0.25) is 0 Å². The fourth-order valence-electron chi connectivity index (χ4n) is 2.05. The Morgan fingerprint density at radius 3 is 2.86 bits per heavy atom. The van der Waals surface area contributed by atoms with Gasteiger partial charge in [0.15, 0.2) is 0 Å². The summed E-state index contributed by atoms with van der Waals surface area (Å²) >= 11 is 0. The predicted octanol–water partition coefficient (Wildman–Crippen LogP) is 0.282. The molecule has 0 amide bonds. The van der Waals surface area contributed by atoms with Crippen LogP contribution in [0.15, 0.2) is 0 Å². The van der Waals surface area contributed by atoms with Gasteiger partial charge in [0, 0.05) is 19.8 Å². The van der Waals surface area contributed by atoms with E-state index < -0.39 is 0 Å². The molecule has 2 unspecified atom stereocenters. The Labute approximate surface area is 85.4 Å². The lowest BCUT2D eigenvalue weighted by Crippen LogP contribution is -2.46. The molecule has 1 saturated heterocycles. The van der Waals surface area contributed by atoms with Gasteiger partial charge in [-0.15, -0.1) is 0 Å². The highest BCUT2D eigenvalue weighted by Gasteiger charge is 2.34. The largest absolute Gasteiger partial charge is 0.395 e. The molecule has 0 aliphatic carbocycles. The zero-order chi connectivity index (χ0) is 10.4. The Morgan fingerprint density at radius 2 is 2.36 bits per heavy atom. The average Bonchev–Trinajstić information content (AvgIpc) is 2.19. The van der Waals surface area contributed by atoms with Gasteiger partial charge in [-0.05, 0) is 25.7 Å². The first-order valence-electron chi connectivity index (χ1n) is 5.22. The minimum atomic E-state index is -0.255. The summed E-state index contributed by atoms with van der Waals surface area (Å²) in [7, 11) is 1.67. The summed E-state index contributed by atoms with van der Waals surface area (Å²) in [4.78, 5) is 0. The molecule has 1 fully saturated rings. The molecule has 2 atom stereocenters. The first-order chi connectivity index (χ1) is 6.72. The smallest absolute Gasteiger partial charge is 0.0930 e. The van der Waals surface area contributed by atoms with Gasteiger partial charge in [0.25, 0.3) is 0 Å². The molecule has 0 spiro atoms. The standard InChI is InChI=1S/C10H21NO3/c1-13-8-10(6-9(11)7-12)4-2-3-5-14-10/h9,12H,2-8,11H2,1H3. The van der Waals surface area contributed by atoms with Gasteiger partial charge in [0.2, 0.25) is 0 Å². The highest BCUT2D eigenvalue weighted by atomic mass is 16.5. The van der Waals surface area contributed by atoms with Crippen LogP contribution in [0.1, 0.15) is 25.7 Å². The zero-order valence-corrected chi connectivity index (χ0v) is 8.87. The highest BCUT2D eigenvalue weighted by Crippen LogP contribution is 2.29. The number of rotatable bonds is 5. The van der Waals surface area contributed by atoms with E-state index in [9.17, 15) is 0 Å². The third kappa shape index (κ3) is 3.20. The van der Waals surface area contributed by atoms with Crippen molar-refractivity contribution >= 4 is 0 Å². The van der Waals surface area contributed by atoms with Crippen molar-refractivity contribution in [3.05, 3.63) is 0 Å². The number of hydrogen-bond donors (Lipinski definition) is 2. The van der Waals surface area contributed by atoms with Crippen molar-refractivity contribution in [1.29, 1.82) is 0 Å². The fourth-order valence-corrected chi connectivity index (χ4v) is 2.05. The van der Waals surface area contributed by atoms with Gasteiger partial charge in [-0.2, -0.15) is 0 Å². The Kier molecular flexibility index (Phi) is 4.81. The van der Waals surface area contributed by atoms with Gasteiger partial charge in [-0.1, -0.05) is 0 Å². The molecule has 14 heavy (non-hydrogen) atoms. The molecule has 0 aromatic carbocycles. The molecular formula is C10H21NO3. The van der Waals surface area contributed by atoms with E-state index in [1.54, 1.807) is 7.11 Å². The second kappa shape index (κ2) is 5.66. The maximum atomic E-state index is 8.93. The average molecular weight is 203 g/mol. The van der Waals surface area contributed by atoms with Crippen LogP contribution in [0.25, 0.3) is 0 Å². The molecule has 3 N–H and O–H groups in total. The quantitative estimate of drug-likeness (QED) is 0.673. The predicted molar refractivity (Wildman–Crippen MR) is 54.1 cm³/mol. The second-order valence-corrected chi connectivity index (χ2v) is 4.07. The Bertz CT molecular complexity index is 152. The van der Waals surface area contributed by atoms with Gasteiger partial charge in [0.05, 0.1) is 18.8 Å². The minimum Gasteiger partial charge on any atom is -0.395 e. The number of ether oxygens (including phenoxy) is 2. The van der Waals surface area contributed by atoms with Crippen LogP contribution in [0.3, 0.4) is 0 Å². The summed E-state index contributed by atoms with van der Waals surface area (Å²) in [6, 6.07) is -0.205. The van der Waals surface area contributed by atoms with Crippen LogP contribution in [0.2, 0.25) is 0 Å². The van der Waals surface area contributed by atoms with Crippen molar-refractivity contribution < 1.29 is 14.6 Å². The summed E-state index contributed by atoms with van der Waals surface area (Å²) in [5, 5.41) is 8.93. The first-order valence-corrected chi connectivity index (χ1v) is 5.22. The van der Waals surface area contributed by atoms with Gasteiger partial charge < -0.3 is 20.3 Å². The first kappa shape index (κ1) is 11.9. The van der Waals surface area contributed by atoms with E-state index in [0.29, 0.717) is 13.0 Å². The molecular weight excluding hydrogens is 182 g/mol. The van der Waals surface area contributed by atoms with Crippen molar-refractivity contribution in [3.8, 4) is 0 Å². The number of methoxy groups -OCH3 is 1. The molecule has 0 aromatic heterocycles. The number of hydrogen-bond acceptors (Lipinski definition) is 4. The lowest BCUT2D eigenvalue weighted by Gasteiger charge is -2.38. The molecule has 0 aromatic rings. The normalized spacial score (nSPS) is 30.2. The monoisotopic (exact) mass is 203 g/mol. The summed E-state index contributed by atoms with van der Waals surface area (Å²) in [5.74, 6) is 0. The maximum Gasteiger partial charge on any atom is 0.0930 e. The molecule has 4 heteroatoms. The van der Waals surface area contributed by atoms with Crippen molar-refractivity contribution in [2.24, 2.45) is 5.73 Å². The van der Waals surface area contributed by atoms with Crippen LogP contribution in [0, 0.1) is 0 Å². The topological polar surface area (TPSA) is 64.7 Å². The second-order valence-electron chi connectivity index (χ2n) is 4.07. The Balaban J connectivity index is 2.50. The van der Waals surface area contributed by atoms with E-state index in [4.69, 9.17) is 20.3 Å². The van der Waals surface area contributed by atoms with Crippen LogP contribution < -0.4 is 5.73 Å². The van der Waals surface area contributed by atoms with Gasteiger partial charge in [0.1, 0.15) is 0 Å². The SMILES string of the molecule is COCC1(CC(N)CO)CCCCO1. The van der Waals surface area contributed by atoms with E-state index in [1.165, 1.54) is 0 Å². The van der Waals surface area contributed by atoms with E-state index in [0.717, 1.165) is 25.9 Å². The molecule has 1 aliphatic heterocycles. The number of aliphatic hydroxyl groups is 1. The third-order valence-electron chi connectivity index (χ3n) is 2.71. The van der Waals surface area contributed by atoms with E-state index in [-0.39, 0.29) is 18.2 Å². The van der Waals surface area contributed by atoms with Gasteiger partial charge in [-0.25, -0.2) is 0 Å². The van der Waals surface area contributed by atoms with Crippen LogP contribution in [0.4, 0.5) is 0 Å². The van der Waals surface area contributed by atoms with Crippen LogP contribution in [-0.4, -0.2) is 43.7 Å². The summed E-state index contributed by atoms with van der Waals surface area (Å²) in [6.07, 6.45) is 3.92. The lowest BCUT2D eigenvalue weighted by molar-refractivity contribution is -0.124. The lowest BCUT2D eigenvalue weighted by atomic mass is 9.88. The number of nitrogens with two attached hydrogens (primary N) is 1. The molecule has 84 valence electrons. The van der Waals surface area contributed by atoms with Crippen LogP contribution >= 0.6 is 0 Å². The van der Waals surface area contributed by atoms with E-state index in [2.05, 4.69) is 0 Å². The van der Waals surface area contributed by atoms with Crippen LogP contribution in [0.5, 0.6) is 0 Å². The summed E-state index contributed by atoms with van der Waals surface area (Å²) in [6.45, 7) is 1.36. The third-order valence-corrected chi connectivity index (χ3v) is 2.71. The van der Waals surface area contributed by atoms with E-state index >= 15 is 0 Å². The Hall–Kier alpha value is -0.160. The fraction of sp³-hybridized carbons (Fsp3) is 1.00. The molecule has 1 heterocycles. The molecule has 4 nitrogen and oxygen atoms in total. The molecule has 0 radical (unpaired) electrons. The maximum absolute atomic E-state index is 8.93. The van der Waals surface area contributed by atoms with Crippen LogP contribution in [-0.2, 0) is 9.47 Å².